The van der Waals surface area contributed by atoms with Crippen LogP contribution in [0.4, 0.5) is 5.69 Å². The zero-order chi connectivity index (χ0) is 14.5. The van der Waals surface area contributed by atoms with E-state index in [9.17, 15) is 9.90 Å². The Morgan fingerprint density at radius 2 is 2.25 bits per heavy atom. The summed E-state index contributed by atoms with van der Waals surface area (Å²) >= 11 is 3.45. The molecule has 0 aliphatic carbocycles. The Balaban J connectivity index is 2.08. The van der Waals surface area contributed by atoms with Gasteiger partial charge in [-0.25, -0.2) is 0 Å². The van der Waals surface area contributed by atoms with E-state index in [0.717, 1.165) is 41.7 Å². The minimum absolute atomic E-state index is 0.331. The van der Waals surface area contributed by atoms with Crippen LogP contribution in [0.25, 0.3) is 0 Å². The van der Waals surface area contributed by atoms with Crippen LogP contribution in [0.5, 0.6) is 0 Å². The second-order valence-corrected chi connectivity index (χ2v) is 6.88. The number of fused-ring (bicyclic) bond motifs is 1. The van der Waals surface area contributed by atoms with Gasteiger partial charge in [0, 0.05) is 23.1 Å². The average Bonchev–Trinajstić information content (AvgIpc) is 2.64. The molecule has 2 aliphatic heterocycles. The SMILES string of the molecule is Cc1cc(Br)cc2c1NC(=O)[C@]2(O)N1CCC[C@@H](C)C1. The summed E-state index contributed by atoms with van der Waals surface area (Å²) in [4.78, 5) is 14.3. The van der Waals surface area contributed by atoms with Crippen molar-refractivity contribution in [3.8, 4) is 0 Å². The average molecular weight is 339 g/mol. The lowest BCUT2D eigenvalue weighted by Crippen LogP contribution is -2.54. The standard InChI is InChI=1S/C15H19BrN2O2/c1-9-4-3-5-18(8-9)15(20)12-7-11(16)6-10(2)13(12)17-14(15)19/h6-7,9,20H,3-5,8H2,1-2H3,(H,17,19)/t9-,15+/m1/s1. The Morgan fingerprint density at radius 1 is 1.50 bits per heavy atom. The minimum atomic E-state index is -1.53. The third-order valence-electron chi connectivity index (χ3n) is 4.35. The maximum absolute atomic E-state index is 12.4. The molecule has 1 aromatic rings. The van der Waals surface area contributed by atoms with Crippen LogP contribution in [-0.2, 0) is 10.5 Å². The van der Waals surface area contributed by atoms with Gasteiger partial charge < -0.3 is 10.4 Å². The number of amides is 1. The molecule has 0 saturated carbocycles. The number of aryl methyl sites for hydroxylation is 1. The number of carbonyl (C=O) groups excluding carboxylic acids is 1. The summed E-state index contributed by atoms with van der Waals surface area (Å²) in [6.45, 7) is 5.60. The van der Waals surface area contributed by atoms with Crippen molar-refractivity contribution in [3.63, 3.8) is 0 Å². The van der Waals surface area contributed by atoms with E-state index < -0.39 is 5.72 Å². The number of nitrogens with one attached hydrogen (secondary N) is 1. The molecule has 1 amide bonds. The molecule has 0 aromatic heterocycles. The number of halogens is 1. The molecule has 1 fully saturated rings. The second kappa shape index (κ2) is 4.83. The number of hydrogen-bond donors (Lipinski definition) is 2. The molecular formula is C15H19BrN2O2. The molecule has 0 bridgehead atoms. The summed E-state index contributed by atoms with van der Waals surface area (Å²) in [6, 6.07) is 3.79. The van der Waals surface area contributed by atoms with Gasteiger partial charge in [0.05, 0.1) is 5.69 Å². The number of hydrogen-bond acceptors (Lipinski definition) is 3. The van der Waals surface area contributed by atoms with Gasteiger partial charge in [-0.2, -0.15) is 0 Å². The Hall–Kier alpha value is -0.910. The first kappa shape index (κ1) is 14.0. The van der Waals surface area contributed by atoms with E-state index in [1.54, 1.807) is 0 Å². The van der Waals surface area contributed by atoms with Crippen LogP contribution in [0.1, 0.15) is 30.9 Å². The van der Waals surface area contributed by atoms with Gasteiger partial charge >= 0.3 is 0 Å². The fraction of sp³-hybridized carbons (Fsp3) is 0.533. The number of carbonyl (C=O) groups is 1. The molecule has 5 heteroatoms. The molecule has 3 rings (SSSR count). The van der Waals surface area contributed by atoms with Crippen LogP contribution in [0.3, 0.4) is 0 Å². The van der Waals surface area contributed by atoms with E-state index in [4.69, 9.17) is 0 Å². The van der Waals surface area contributed by atoms with E-state index in [1.807, 2.05) is 24.0 Å². The molecular weight excluding hydrogens is 320 g/mol. The quantitative estimate of drug-likeness (QED) is 0.827. The highest BCUT2D eigenvalue weighted by Gasteiger charge is 2.51. The van der Waals surface area contributed by atoms with Gasteiger partial charge in [-0.3, -0.25) is 9.69 Å². The summed E-state index contributed by atoms with van der Waals surface area (Å²) in [5, 5.41) is 13.9. The van der Waals surface area contributed by atoms with E-state index in [-0.39, 0.29) is 5.91 Å². The third-order valence-corrected chi connectivity index (χ3v) is 4.80. The predicted octanol–water partition coefficient (Wildman–Crippen LogP) is 2.59. The molecule has 0 radical (unpaired) electrons. The number of benzene rings is 1. The van der Waals surface area contributed by atoms with Crippen molar-refractivity contribution < 1.29 is 9.90 Å². The molecule has 20 heavy (non-hydrogen) atoms. The van der Waals surface area contributed by atoms with Crippen molar-refractivity contribution >= 4 is 27.5 Å². The summed E-state index contributed by atoms with van der Waals surface area (Å²) in [7, 11) is 0. The van der Waals surface area contributed by atoms with Crippen molar-refractivity contribution in [1.82, 2.24) is 4.90 Å². The van der Waals surface area contributed by atoms with Crippen molar-refractivity contribution in [2.45, 2.75) is 32.4 Å². The highest BCUT2D eigenvalue weighted by Crippen LogP contribution is 2.43. The second-order valence-electron chi connectivity index (χ2n) is 5.97. The van der Waals surface area contributed by atoms with Gasteiger partial charge in [-0.1, -0.05) is 22.9 Å². The van der Waals surface area contributed by atoms with Crippen molar-refractivity contribution in [3.05, 3.63) is 27.7 Å². The molecule has 2 atom stereocenters. The number of rotatable bonds is 1. The minimum Gasteiger partial charge on any atom is -0.364 e. The molecule has 2 N–H and O–H groups in total. The van der Waals surface area contributed by atoms with Gasteiger partial charge in [0.15, 0.2) is 0 Å². The van der Waals surface area contributed by atoms with Crippen molar-refractivity contribution in [1.29, 1.82) is 0 Å². The van der Waals surface area contributed by atoms with Gasteiger partial charge in [-0.05, 0) is 43.4 Å². The first-order valence-electron chi connectivity index (χ1n) is 7.02. The highest BCUT2D eigenvalue weighted by atomic mass is 79.9. The fourth-order valence-electron chi connectivity index (χ4n) is 3.30. The van der Waals surface area contributed by atoms with Crippen LogP contribution in [0, 0.1) is 12.8 Å². The molecule has 2 heterocycles. The van der Waals surface area contributed by atoms with Crippen molar-refractivity contribution in [2.24, 2.45) is 5.92 Å². The summed E-state index contributed by atoms with van der Waals surface area (Å²) in [5.74, 6) is 0.167. The summed E-state index contributed by atoms with van der Waals surface area (Å²) in [6.07, 6.45) is 2.16. The summed E-state index contributed by atoms with van der Waals surface area (Å²) in [5.41, 5.74) is 0.851. The molecule has 1 aromatic carbocycles. The number of likely N-dealkylation sites (tertiary alicyclic amines) is 1. The van der Waals surface area contributed by atoms with Gasteiger partial charge in [0.1, 0.15) is 0 Å². The van der Waals surface area contributed by atoms with Crippen LogP contribution in [0.15, 0.2) is 16.6 Å². The van der Waals surface area contributed by atoms with Crippen molar-refractivity contribution in [2.75, 3.05) is 18.4 Å². The van der Waals surface area contributed by atoms with Crippen LogP contribution >= 0.6 is 15.9 Å². The summed E-state index contributed by atoms with van der Waals surface area (Å²) < 4.78 is 0.883. The van der Waals surface area contributed by atoms with Crippen LogP contribution < -0.4 is 5.32 Å². The normalized spacial score (nSPS) is 30.2. The van der Waals surface area contributed by atoms with Crippen LogP contribution in [-0.4, -0.2) is 29.0 Å². The lowest BCUT2D eigenvalue weighted by molar-refractivity contribution is -0.163. The monoisotopic (exact) mass is 338 g/mol. The smallest absolute Gasteiger partial charge is 0.276 e. The first-order valence-corrected chi connectivity index (χ1v) is 7.81. The van der Waals surface area contributed by atoms with E-state index in [0.29, 0.717) is 11.5 Å². The molecule has 2 aliphatic rings. The maximum atomic E-state index is 12.4. The largest absolute Gasteiger partial charge is 0.364 e. The van der Waals surface area contributed by atoms with E-state index >= 15 is 0 Å². The molecule has 4 nitrogen and oxygen atoms in total. The predicted molar refractivity (Wildman–Crippen MR) is 81.4 cm³/mol. The Bertz CT molecular complexity index is 575. The fourth-order valence-corrected chi connectivity index (χ4v) is 3.88. The highest BCUT2D eigenvalue weighted by molar-refractivity contribution is 9.10. The topological polar surface area (TPSA) is 52.6 Å². The number of nitrogens with zero attached hydrogens (tertiary/aromatic N) is 1. The van der Waals surface area contributed by atoms with E-state index in [1.165, 1.54) is 0 Å². The zero-order valence-corrected chi connectivity index (χ0v) is 13.3. The number of piperidine rings is 1. The molecule has 1 saturated heterocycles. The zero-order valence-electron chi connectivity index (χ0n) is 11.7. The maximum Gasteiger partial charge on any atom is 0.276 e. The Kier molecular flexibility index (Phi) is 3.39. The Morgan fingerprint density at radius 3 is 2.95 bits per heavy atom. The Labute approximate surface area is 127 Å². The van der Waals surface area contributed by atoms with E-state index in [2.05, 4.69) is 28.2 Å². The lowest BCUT2D eigenvalue weighted by Gasteiger charge is -2.40. The van der Waals surface area contributed by atoms with Crippen LogP contribution in [0.2, 0.25) is 0 Å². The van der Waals surface area contributed by atoms with Gasteiger partial charge in [0.2, 0.25) is 5.72 Å². The number of anilines is 1. The van der Waals surface area contributed by atoms with Gasteiger partial charge in [0.25, 0.3) is 5.91 Å². The molecule has 108 valence electrons. The van der Waals surface area contributed by atoms with Gasteiger partial charge in [-0.15, -0.1) is 0 Å². The lowest BCUT2D eigenvalue weighted by atomic mass is 9.94. The first-order chi connectivity index (χ1) is 9.42. The number of aliphatic hydroxyl groups is 1. The molecule has 0 unspecified atom stereocenters. The third kappa shape index (κ3) is 2.00. The molecule has 0 spiro atoms.